The molecule has 0 aliphatic rings. The fourth-order valence-electron chi connectivity index (χ4n) is 2.78. The summed E-state index contributed by atoms with van der Waals surface area (Å²) in [5, 5.41) is 15.8. The van der Waals surface area contributed by atoms with E-state index in [9.17, 15) is 28.9 Å². The number of esters is 1. The highest BCUT2D eigenvalue weighted by Gasteiger charge is 2.29. The quantitative estimate of drug-likeness (QED) is 0.347. The molecule has 2 rings (SSSR count). The second kappa shape index (κ2) is 11.0. The predicted octanol–water partition coefficient (Wildman–Crippen LogP) is 2.99. The summed E-state index contributed by atoms with van der Waals surface area (Å²) in [7, 11) is 0. The van der Waals surface area contributed by atoms with Crippen molar-refractivity contribution in [2.24, 2.45) is 5.92 Å². The van der Waals surface area contributed by atoms with Crippen molar-refractivity contribution >= 4 is 29.2 Å². The van der Waals surface area contributed by atoms with Gasteiger partial charge in [0.2, 0.25) is 11.7 Å². The van der Waals surface area contributed by atoms with Gasteiger partial charge in [-0.25, -0.2) is 4.79 Å². The van der Waals surface area contributed by atoms with Crippen LogP contribution >= 0.6 is 0 Å². The van der Waals surface area contributed by atoms with Crippen LogP contribution in [0.15, 0.2) is 48.5 Å². The Hall–Kier alpha value is -3.82. The van der Waals surface area contributed by atoms with Crippen molar-refractivity contribution in [2.45, 2.75) is 39.3 Å². The molecule has 0 heterocycles. The van der Waals surface area contributed by atoms with E-state index < -0.39 is 40.5 Å². The highest BCUT2D eigenvalue weighted by Crippen LogP contribution is 2.22. The molecule has 2 N–H and O–H groups in total. The zero-order valence-corrected chi connectivity index (χ0v) is 17.8. The number of halogens is 1. The number of benzene rings is 2. The Morgan fingerprint density at radius 3 is 2.34 bits per heavy atom. The summed E-state index contributed by atoms with van der Waals surface area (Å²) in [5.74, 6) is -3.29. The molecular weight excluding hydrogens is 421 g/mol. The first kappa shape index (κ1) is 24.4. The molecule has 0 bridgehead atoms. The summed E-state index contributed by atoms with van der Waals surface area (Å²) >= 11 is 0. The highest BCUT2D eigenvalue weighted by molar-refractivity contribution is 5.96. The molecular formula is C22H24FN3O6. The number of nitro groups is 1. The van der Waals surface area contributed by atoms with Crippen LogP contribution in [0.1, 0.15) is 26.3 Å². The third-order valence-corrected chi connectivity index (χ3v) is 4.52. The van der Waals surface area contributed by atoms with E-state index in [-0.39, 0.29) is 23.9 Å². The largest absolute Gasteiger partial charge is 0.451 e. The van der Waals surface area contributed by atoms with Crippen molar-refractivity contribution in [3.05, 3.63) is 70.0 Å². The van der Waals surface area contributed by atoms with Gasteiger partial charge in [0.25, 0.3) is 5.91 Å². The fourth-order valence-corrected chi connectivity index (χ4v) is 2.78. The zero-order valence-electron chi connectivity index (χ0n) is 17.8. The number of carbonyl (C=O) groups is 3. The lowest BCUT2D eigenvalue weighted by Crippen LogP contribution is -2.47. The Labute approximate surface area is 184 Å². The second-order valence-corrected chi connectivity index (χ2v) is 7.44. The van der Waals surface area contributed by atoms with Crippen molar-refractivity contribution in [1.82, 2.24) is 5.32 Å². The van der Waals surface area contributed by atoms with E-state index >= 15 is 0 Å². The Morgan fingerprint density at radius 2 is 1.75 bits per heavy atom. The standard InChI is InChI=1S/C22H24FN3O6/c1-13(2)20(25-19(27)11-15-7-5-4-6-8-15)22(29)32-14(3)21(28)24-16-9-10-17(23)18(12-16)26(30)31/h4-10,12-14,20H,11H2,1-3H3,(H,24,28)(H,25,27)/t14?,20-/m0/s1. The predicted molar refractivity (Wildman–Crippen MR) is 114 cm³/mol. The SMILES string of the molecule is CC(OC(=O)[C@@H](NC(=O)Cc1ccccc1)C(C)C)C(=O)Nc1ccc(F)c([N+](=O)[O-])c1. The summed E-state index contributed by atoms with van der Waals surface area (Å²) in [6, 6.07) is 10.9. The van der Waals surface area contributed by atoms with Gasteiger partial charge in [-0.05, 0) is 30.5 Å². The van der Waals surface area contributed by atoms with Crippen LogP contribution in [0.2, 0.25) is 0 Å². The highest BCUT2D eigenvalue weighted by atomic mass is 19.1. The molecule has 9 nitrogen and oxygen atoms in total. The first-order valence-corrected chi connectivity index (χ1v) is 9.87. The van der Waals surface area contributed by atoms with E-state index in [4.69, 9.17) is 4.74 Å². The number of nitro benzene ring substituents is 1. The van der Waals surface area contributed by atoms with Gasteiger partial charge >= 0.3 is 11.7 Å². The molecule has 0 spiro atoms. The van der Waals surface area contributed by atoms with Gasteiger partial charge in [-0.3, -0.25) is 19.7 Å². The number of hydrogen-bond acceptors (Lipinski definition) is 6. The van der Waals surface area contributed by atoms with Gasteiger partial charge < -0.3 is 15.4 Å². The Kier molecular flexibility index (Phi) is 8.39. The van der Waals surface area contributed by atoms with E-state index in [1.165, 1.54) is 6.92 Å². The lowest BCUT2D eigenvalue weighted by molar-refractivity contribution is -0.387. The van der Waals surface area contributed by atoms with E-state index in [0.29, 0.717) is 0 Å². The molecule has 2 aromatic rings. The maximum atomic E-state index is 13.4. The van der Waals surface area contributed by atoms with E-state index in [0.717, 1.165) is 23.8 Å². The smallest absolute Gasteiger partial charge is 0.329 e. The van der Waals surface area contributed by atoms with Gasteiger partial charge in [-0.1, -0.05) is 44.2 Å². The average molecular weight is 445 g/mol. The van der Waals surface area contributed by atoms with Crippen LogP contribution in [-0.2, 0) is 25.5 Å². The van der Waals surface area contributed by atoms with Crippen LogP contribution in [-0.4, -0.2) is 34.9 Å². The summed E-state index contributed by atoms with van der Waals surface area (Å²) < 4.78 is 18.6. The molecule has 2 aromatic carbocycles. The molecule has 0 fully saturated rings. The monoisotopic (exact) mass is 445 g/mol. The van der Waals surface area contributed by atoms with Gasteiger partial charge in [-0.15, -0.1) is 0 Å². The molecule has 1 unspecified atom stereocenters. The summed E-state index contributed by atoms with van der Waals surface area (Å²) in [5.41, 5.74) is -0.0435. The van der Waals surface area contributed by atoms with Gasteiger partial charge in [0.1, 0.15) is 6.04 Å². The molecule has 2 amide bonds. The summed E-state index contributed by atoms with van der Waals surface area (Å²) in [4.78, 5) is 47.1. The number of hydrogen-bond donors (Lipinski definition) is 2. The molecule has 0 aliphatic carbocycles. The van der Waals surface area contributed by atoms with Crippen molar-refractivity contribution < 1.29 is 28.4 Å². The number of anilines is 1. The maximum absolute atomic E-state index is 13.4. The lowest BCUT2D eigenvalue weighted by Gasteiger charge is -2.23. The molecule has 0 aliphatic heterocycles. The number of nitrogens with one attached hydrogen (secondary N) is 2. The topological polar surface area (TPSA) is 128 Å². The molecule has 170 valence electrons. The Morgan fingerprint density at radius 1 is 1.09 bits per heavy atom. The number of carbonyl (C=O) groups excluding carboxylic acids is 3. The van der Waals surface area contributed by atoms with Crippen LogP contribution < -0.4 is 10.6 Å². The number of nitrogens with zero attached hydrogens (tertiary/aromatic N) is 1. The van der Waals surface area contributed by atoms with Gasteiger partial charge in [0.15, 0.2) is 6.10 Å². The molecule has 0 saturated heterocycles. The van der Waals surface area contributed by atoms with Crippen LogP contribution in [0.4, 0.5) is 15.8 Å². The lowest BCUT2D eigenvalue weighted by atomic mass is 10.0. The minimum absolute atomic E-state index is 0.0254. The minimum Gasteiger partial charge on any atom is -0.451 e. The van der Waals surface area contributed by atoms with Crippen LogP contribution in [0, 0.1) is 21.8 Å². The molecule has 0 saturated carbocycles. The summed E-state index contributed by atoms with van der Waals surface area (Å²) in [6.07, 6.45) is -1.18. The minimum atomic E-state index is -1.26. The number of ether oxygens (including phenoxy) is 1. The zero-order chi connectivity index (χ0) is 23.8. The second-order valence-electron chi connectivity index (χ2n) is 7.44. The van der Waals surface area contributed by atoms with E-state index in [2.05, 4.69) is 10.6 Å². The maximum Gasteiger partial charge on any atom is 0.329 e. The Balaban J connectivity index is 1.98. The van der Waals surface area contributed by atoms with Crippen molar-refractivity contribution in [3.63, 3.8) is 0 Å². The molecule has 0 aromatic heterocycles. The van der Waals surface area contributed by atoms with E-state index in [1.54, 1.807) is 38.1 Å². The van der Waals surface area contributed by atoms with Crippen LogP contribution in [0.5, 0.6) is 0 Å². The van der Waals surface area contributed by atoms with Crippen LogP contribution in [0.25, 0.3) is 0 Å². The average Bonchev–Trinajstić information content (AvgIpc) is 2.73. The van der Waals surface area contributed by atoms with Crippen LogP contribution in [0.3, 0.4) is 0 Å². The first-order valence-electron chi connectivity index (χ1n) is 9.87. The number of amides is 2. The third-order valence-electron chi connectivity index (χ3n) is 4.52. The summed E-state index contributed by atoms with van der Waals surface area (Å²) in [6.45, 7) is 4.75. The van der Waals surface area contributed by atoms with Gasteiger partial charge in [0.05, 0.1) is 11.3 Å². The van der Waals surface area contributed by atoms with Crippen molar-refractivity contribution in [3.8, 4) is 0 Å². The van der Waals surface area contributed by atoms with Gasteiger partial charge in [0, 0.05) is 11.8 Å². The number of rotatable bonds is 9. The molecule has 10 heteroatoms. The first-order chi connectivity index (χ1) is 15.1. The molecule has 0 radical (unpaired) electrons. The Bertz CT molecular complexity index is 996. The normalized spacial score (nSPS) is 12.5. The van der Waals surface area contributed by atoms with Crippen molar-refractivity contribution in [2.75, 3.05) is 5.32 Å². The third kappa shape index (κ3) is 6.86. The molecule has 2 atom stereocenters. The fraction of sp³-hybridized carbons (Fsp3) is 0.318. The van der Waals surface area contributed by atoms with Crippen molar-refractivity contribution in [1.29, 1.82) is 0 Å². The molecule has 32 heavy (non-hydrogen) atoms. The van der Waals surface area contributed by atoms with Gasteiger partial charge in [-0.2, -0.15) is 4.39 Å². The van der Waals surface area contributed by atoms with E-state index in [1.807, 2.05) is 6.07 Å².